The highest BCUT2D eigenvalue weighted by molar-refractivity contribution is 7.99. The second kappa shape index (κ2) is 5.21. The minimum Gasteiger partial charge on any atom is -0.286 e. The van der Waals surface area contributed by atoms with Gasteiger partial charge in [-0.3, -0.25) is 9.36 Å². The van der Waals surface area contributed by atoms with Crippen molar-refractivity contribution in [2.24, 2.45) is 0 Å². The van der Waals surface area contributed by atoms with Crippen LogP contribution in [-0.2, 0) is 6.54 Å². The molecule has 1 saturated carbocycles. The molecule has 2 aromatic heterocycles. The molecule has 0 atom stereocenters. The van der Waals surface area contributed by atoms with Crippen molar-refractivity contribution in [2.45, 2.75) is 36.9 Å². The lowest BCUT2D eigenvalue weighted by Crippen LogP contribution is -2.29. The van der Waals surface area contributed by atoms with Gasteiger partial charge in [0, 0.05) is 24.4 Å². The minimum absolute atomic E-state index is 0.0756. The van der Waals surface area contributed by atoms with Gasteiger partial charge in [-0.25, -0.2) is 15.0 Å². The van der Waals surface area contributed by atoms with E-state index in [1.54, 1.807) is 28.6 Å². The van der Waals surface area contributed by atoms with E-state index in [1.807, 2.05) is 6.07 Å². The number of aromatic nitrogens is 4. The predicted octanol–water partition coefficient (Wildman–Crippen LogP) is 1.95. The lowest BCUT2D eigenvalue weighted by atomic mass is 10.1. The van der Waals surface area contributed by atoms with Crippen LogP contribution in [0.1, 0.15) is 36.6 Å². The molecule has 0 unspecified atom stereocenters. The first kappa shape index (κ1) is 13.5. The SMILES string of the molecule is N#Cc1c(-c2ccnc(C3CC3)n2)nc2n(c1=O)CCCS2. The first-order chi connectivity index (χ1) is 10.8. The van der Waals surface area contributed by atoms with Crippen LogP contribution in [0.15, 0.2) is 22.2 Å². The summed E-state index contributed by atoms with van der Waals surface area (Å²) in [7, 11) is 0. The van der Waals surface area contributed by atoms with Crippen LogP contribution in [0.25, 0.3) is 11.4 Å². The summed E-state index contributed by atoms with van der Waals surface area (Å²) in [4.78, 5) is 25.9. The smallest absolute Gasteiger partial charge is 0.272 e. The molecule has 0 saturated heterocycles. The first-order valence-electron chi connectivity index (χ1n) is 7.29. The molecule has 110 valence electrons. The number of nitrogens with zero attached hydrogens (tertiary/aromatic N) is 5. The fourth-order valence-electron chi connectivity index (χ4n) is 2.56. The minimum atomic E-state index is -0.263. The van der Waals surface area contributed by atoms with Crippen molar-refractivity contribution in [2.75, 3.05) is 5.75 Å². The molecule has 7 heteroatoms. The van der Waals surface area contributed by atoms with Crippen LogP contribution in [0.4, 0.5) is 0 Å². The third kappa shape index (κ3) is 2.20. The van der Waals surface area contributed by atoms with E-state index < -0.39 is 0 Å². The third-order valence-electron chi connectivity index (χ3n) is 3.86. The van der Waals surface area contributed by atoms with E-state index in [0.29, 0.717) is 29.0 Å². The topological polar surface area (TPSA) is 84.5 Å². The van der Waals surface area contributed by atoms with E-state index in [9.17, 15) is 10.1 Å². The van der Waals surface area contributed by atoms with E-state index in [4.69, 9.17) is 0 Å². The molecule has 0 spiro atoms. The van der Waals surface area contributed by atoms with Crippen molar-refractivity contribution in [3.05, 3.63) is 34.0 Å². The summed E-state index contributed by atoms with van der Waals surface area (Å²) in [6.07, 6.45) is 4.81. The number of nitriles is 1. The summed E-state index contributed by atoms with van der Waals surface area (Å²) in [5.41, 5.74) is 0.769. The van der Waals surface area contributed by atoms with E-state index >= 15 is 0 Å². The van der Waals surface area contributed by atoms with Gasteiger partial charge >= 0.3 is 0 Å². The summed E-state index contributed by atoms with van der Waals surface area (Å²) in [5, 5.41) is 10.1. The van der Waals surface area contributed by atoms with E-state index in [1.165, 1.54) is 0 Å². The van der Waals surface area contributed by atoms with E-state index in [-0.39, 0.29) is 11.1 Å². The Kier molecular flexibility index (Phi) is 3.19. The second-order valence-electron chi connectivity index (χ2n) is 5.46. The average molecular weight is 311 g/mol. The quantitative estimate of drug-likeness (QED) is 0.788. The molecule has 2 aromatic rings. The molecule has 4 rings (SSSR count). The van der Waals surface area contributed by atoms with Crippen LogP contribution in [0, 0.1) is 11.3 Å². The Hall–Kier alpha value is -2.20. The Labute approximate surface area is 131 Å². The molecular formula is C15H13N5OS. The van der Waals surface area contributed by atoms with Crippen molar-refractivity contribution in [3.63, 3.8) is 0 Å². The standard InChI is InChI=1S/C15H13N5OS/c16-8-10-12(11-4-5-17-13(18-11)9-2-3-9)19-15-20(14(10)21)6-1-7-22-15/h4-5,9H,1-3,6-7H2. The third-order valence-corrected chi connectivity index (χ3v) is 4.93. The highest BCUT2D eigenvalue weighted by Gasteiger charge is 2.27. The van der Waals surface area contributed by atoms with Crippen LogP contribution >= 0.6 is 11.8 Å². The van der Waals surface area contributed by atoms with Crippen LogP contribution in [0.3, 0.4) is 0 Å². The summed E-state index contributed by atoms with van der Waals surface area (Å²) in [6, 6.07) is 3.73. The van der Waals surface area contributed by atoms with Crippen LogP contribution in [-0.4, -0.2) is 25.3 Å². The zero-order valence-electron chi connectivity index (χ0n) is 11.8. The molecule has 0 bridgehead atoms. The highest BCUT2D eigenvalue weighted by Crippen LogP contribution is 2.38. The van der Waals surface area contributed by atoms with Gasteiger partial charge in [0.15, 0.2) is 5.16 Å². The monoisotopic (exact) mass is 311 g/mol. The average Bonchev–Trinajstić information content (AvgIpc) is 3.40. The second-order valence-corrected chi connectivity index (χ2v) is 6.53. The zero-order valence-corrected chi connectivity index (χ0v) is 12.6. The maximum absolute atomic E-state index is 12.5. The van der Waals surface area contributed by atoms with Crippen molar-refractivity contribution in [3.8, 4) is 17.5 Å². The molecule has 2 aliphatic rings. The fraction of sp³-hybridized carbons (Fsp3) is 0.400. The molecule has 0 radical (unpaired) electrons. The summed E-state index contributed by atoms with van der Waals surface area (Å²) >= 11 is 1.55. The Balaban J connectivity index is 1.91. The maximum atomic E-state index is 12.5. The fourth-order valence-corrected chi connectivity index (χ4v) is 3.50. The molecule has 1 aliphatic heterocycles. The number of rotatable bonds is 2. The van der Waals surface area contributed by atoms with Gasteiger partial charge in [-0.1, -0.05) is 11.8 Å². The van der Waals surface area contributed by atoms with Crippen molar-refractivity contribution >= 4 is 11.8 Å². The van der Waals surface area contributed by atoms with Gasteiger partial charge in [0.1, 0.15) is 23.2 Å². The summed E-state index contributed by atoms with van der Waals surface area (Å²) < 4.78 is 1.60. The number of hydrogen-bond acceptors (Lipinski definition) is 6. The van der Waals surface area contributed by atoms with Crippen molar-refractivity contribution < 1.29 is 0 Å². The maximum Gasteiger partial charge on any atom is 0.272 e. The zero-order chi connectivity index (χ0) is 15.1. The lowest BCUT2D eigenvalue weighted by molar-refractivity contribution is 0.562. The van der Waals surface area contributed by atoms with Gasteiger partial charge < -0.3 is 0 Å². The molecule has 0 N–H and O–H groups in total. The molecular weight excluding hydrogens is 298 g/mol. The Morgan fingerprint density at radius 3 is 3.00 bits per heavy atom. The summed E-state index contributed by atoms with van der Waals surface area (Å²) in [6.45, 7) is 0.625. The number of fused-ring (bicyclic) bond motifs is 1. The lowest BCUT2D eigenvalue weighted by Gasteiger charge is -2.18. The van der Waals surface area contributed by atoms with Gasteiger partial charge in [0.25, 0.3) is 5.56 Å². The molecule has 3 heterocycles. The Morgan fingerprint density at radius 2 is 2.23 bits per heavy atom. The van der Waals surface area contributed by atoms with Crippen LogP contribution < -0.4 is 5.56 Å². The van der Waals surface area contributed by atoms with Crippen molar-refractivity contribution in [1.29, 1.82) is 5.26 Å². The van der Waals surface area contributed by atoms with Gasteiger partial charge in [0.2, 0.25) is 0 Å². The molecule has 0 amide bonds. The molecule has 1 aliphatic carbocycles. The van der Waals surface area contributed by atoms with Crippen LogP contribution in [0.5, 0.6) is 0 Å². The van der Waals surface area contributed by atoms with E-state index in [2.05, 4.69) is 15.0 Å². The first-order valence-corrected chi connectivity index (χ1v) is 8.27. The van der Waals surface area contributed by atoms with Crippen LogP contribution in [0.2, 0.25) is 0 Å². The van der Waals surface area contributed by atoms with Gasteiger partial charge in [-0.05, 0) is 25.3 Å². The van der Waals surface area contributed by atoms with Crippen molar-refractivity contribution in [1.82, 2.24) is 19.5 Å². The largest absolute Gasteiger partial charge is 0.286 e. The molecule has 22 heavy (non-hydrogen) atoms. The Morgan fingerprint density at radius 1 is 1.36 bits per heavy atom. The molecule has 6 nitrogen and oxygen atoms in total. The summed E-state index contributed by atoms with van der Waals surface area (Å²) in [5.74, 6) is 2.14. The van der Waals surface area contributed by atoms with Gasteiger partial charge in [-0.2, -0.15) is 5.26 Å². The number of hydrogen-bond donors (Lipinski definition) is 0. The van der Waals surface area contributed by atoms with Gasteiger partial charge in [-0.15, -0.1) is 0 Å². The molecule has 1 fully saturated rings. The van der Waals surface area contributed by atoms with E-state index in [0.717, 1.165) is 30.8 Å². The predicted molar refractivity (Wildman–Crippen MR) is 81.6 cm³/mol. The molecule has 0 aromatic carbocycles. The Bertz CT molecular complexity index is 850. The highest BCUT2D eigenvalue weighted by atomic mass is 32.2. The normalized spacial score (nSPS) is 16.9. The number of thioether (sulfide) groups is 1. The van der Waals surface area contributed by atoms with Gasteiger partial charge in [0.05, 0.1) is 5.69 Å².